The first-order valence-corrected chi connectivity index (χ1v) is 13.3. The molecule has 6 rings (SSSR count). The third-order valence-electron chi connectivity index (χ3n) is 5.91. The molecular formula is C33H22F7IrN6. The minimum atomic E-state index is -4.57. The summed E-state index contributed by atoms with van der Waals surface area (Å²) in [5.41, 5.74) is 4.40. The maximum absolute atomic E-state index is 13.4. The Hall–Kier alpha value is -4.81. The summed E-state index contributed by atoms with van der Waals surface area (Å²) >= 11 is 0. The number of aryl methyl sites for hydroxylation is 3. The molecule has 0 atom stereocenters. The molecular weight excluding hydrogens is 806 g/mol. The minimum absolute atomic E-state index is 0. The summed E-state index contributed by atoms with van der Waals surface area (Å²) in [7, 11) is 0. The van der Waals surface area contributed by atoms with E-state index >= 15 is 0 Å². The molecule has 0 fully saturated rings. The van der Waals surface area contributed by atoms with Gasteiger partial charge in [-0.2, -0.15) is 13.2 Å². The average Bonchev–Trinajstić information content (AvgIpc) is 3.50. The van der Waals surface area contributed by atoms with E-state index in [1.54, 1.807) is 43.6 Å². The van der Waals surface area contributed by atoms with E-state index in [9.17, 15) is 30.7 Å². The van der Waals surface area contributed by atoms with Gasteiger partial charge in [0.15, 0.2) is 0 Å². The SMILES string of the molecule is Cc1ccnc(-c2[c-]cc(F)cc2F)c1.Cc1ccnc(-c2[c-]cc(F)cc2F)c1.Cc1ccnc(-c2nnc(C(F)(F)F)[n-]2)c1.[Ir+3]. The molecule has 0 bridgehead atoms. The molecule has 0 spiro atoms. The van der Waals surface area contributed by atoms with E-state index in [2.05, 4.69) is 42.3 Å². The van der Waals surface area contributed by atoms with E-state index in [-0.39, 0.29) is 42.8 Å². The van der Waals surface area contributed by atoms with Gasteiger partial charge in [0, 0.05) is 47.7 Å². The van der Waals surface area contributed by atoms with Crippen LogP contribution in [0.3, 0.4) is 0 Å². The quantitative estimate of drug-likeness (QED) is 0.133. The van der Waals surface area contributed by atoms with Gasteiger partial charge in [0.05, 0.1) is 11.5 Å². The van der Waals surface area contributed by atoms with Gasteiger partial charge < -0.3 is 25.1 Å². The molecule has 4 aromatic heterocycles. The van der Waals surface area contributed by atoms with Crippen LogP contribution in [-0.2, 0) is 26.3 Å². The summed E-state index contributed by atoms with van der Waals surface area (Å²) in [6, 6.07) is 19.3. The van der Waals surface area contributed by atoms with Gasteiger partial charge in [0.1, 0.15) is 0 Å². The predicted octanol–water partition coefficient (Wildman–Crippen LogP) is 8.09. The smallest absolute Gasteiger partial charge is 0.352 e. The Bertz CT molecular complexity index is 1850. The van der Waals surface area contributed by atoms with E-state index in [0.29, 0.717) is 11.4 Å². The van der Waals surface area contributed by atoms with Crippen molar-refractivity contribution >= 4 is 0 Å². The van der Waals surface area contributed by atoms with Crippen molar-refractivity contribution in [1.82, 2.24) is 30.1 Å². The Morgan fingerprint density at radius 2 is 1.00 bits per heavy atom. The number of halogens is 7. The number of hydrogen-bond acceptors (Lipinski definition) is 5. The predicted molar refractivity (Wildman–Crippen MR) is 155 cm³/mol. The van der Waals surface area contributed by atoms with Crippen LogP contribution in [0, 0.1) is 56.2 Å². The Kier molecular flexibility index (Phi) is 12.6. The Balaban J connectivity index is 0.000000190. The van der Waals surface area contributed by atoms with E-state index in [1.807, 2.05) is 26.0 Å². The van der Waals surface area contributed by atoms with Gasteiger partial charge in [0.25, 0.3) is 0 Å². The second-order valence-corrected chi connectivity index (χ2v) is 9.69. The van der Waals surface area contributed by atoms with E-state index < -0.39 is 35.3 Å². The number of rotatable bonds is 3. The van der Waals surface area contributed by atoms with E-state index in [0.717, 1.165) is 41.0 Å². The molecule has 0 saturated carbocycles. The van der Waals surface area contributed by atoms with Crippen LogP contribution in [0.15, 0.2) is 79.3 Å². The number of nitrogens with zero attached hydrogens (tertiary/aromatic N) is 6. The van der Waals surface area contributed by atoms with Crippen LogP contribution in [0.2, 0.25) is 0 Å². The zero-order valence-electron chi connectivity index (χ0n) is 24.7. The molecule has 14 heteroatoms. The second kappa shape index (κ2) is 16.1. The summed E-state index contributed by atoms with van der Waals surface area (Å²) in [6.07, 6.45) is 0.0754. The summed E-state index contributed by atoms with van der Waals surface area (Å²) in [4.78, 5) is 15.2. The maximum atomic E-state index is 13.4. The van der Waals surface area contributed by atoms with Crippen molar-refractivity contribution in [3.8, 4) is 34.0 Å². The maximum Gasteiger partial charge on any atom is 3.00 e. The van der Waals surface area contributed by atoms with Crippen molar-refractivity contribution in [2.45, 2.75) is 26.9 Å². The molecule has 2 aromatic carbocycles. The molecule has 0 aliphatic rings. The van der Waals surface area contributed by atoms with Gasteiger partial charge in [-0.1, -0.05) is 46.5 Å². The third kappa shape index (κ3) is 10.3. The second-order valence-electron chi connectivity index (χ2n) is 9.69. The van der Waals surface area contributed by atoms with E-state index in [4.69, 9.17) is 0 Å². The van der Waals surface area contributed by atoms with Crippen LogP contribution < -0.4 is 4.98 Å². The normalized spacial score (nSPS) is 10.6. The van der Waals surface area contributed by atoms with Crippen LogP contribution in [0.4, 0.5) is 30.7 Å². The van der Waals surface area contributed by atoms with Crippen molar-refractivity contribution in [2.75, 3.05) is 0 Å². The van der Waals surface area contributed by atoms with Crippen LogP contribution in [0.1, 0.15) is 22.5 Å². The topological polar surface area (TPSA) is 78.6 Å². The molecule has 6 nitrogen and oxygen atoms in total. The van der Waals surface area contributed by atoms with Gasteiger partial charge >= 0.3 is 26.3 Å². The van der Waals surface area contributed by atoms with Crippen molar-refractivity contribution < 1.29 is 50.8 Å². The van der Waals surface area contributed by atoms with Crippen molar-refractivity contribution in [3.05, 3.63) is 137 Å². The number of pyridine rings is 3. The summed E-state index contributed by atoms with van der Waals surface area (Å²) in [6.45, 7) is 5.56. The van der Waals surface area contributed by atoms with Gasteiger partial charge in [-0.25, -0.2) is 0 Å². The van der Waals surface area contributed by atoms with Gasteiger partial charge in [-0.3, -0.25) is 22.5 Å². The molecule has 0 N–H and O–H groups in total. The number of alkyl halides is 3. The van der Waals surface area contributed by atoms with Crippen molar-refractivity contribution in [3.63, 3.8) is 0 Å². The fourth-order valence-corrected chi connectivity index (χ4v) is 3.76. The van der Waals surface area contributed by atoms with Gasteiger partial charge in [-0.05, 0) is 62.0 Å². The van der Waals surface area contributed by atoms with Crippen LogP contribution in [0.5, 0.6) is 0 Å². The molecule has 242 valence electrons. The van der Waals surface area contributed by atoms with Crippen molar-refractivity contribution in [1.29, 1.82) is 0 Å². The molecule has 0 aliphatic heterocycles. The Labute approximate surface area is 278 Å². The first-order valence-electron chi connectivity index (χ1n) is 13.3. The van der Waals surface area contributed by atoms with Gasteiger partial charge in [0.2, 0.25) is 0 Å². The monoisotopic (exact) mass is 828 g/mol. The van der Waals surface area contributed by atoms with Crippen molar-refractivity contribution in [2.24, 2.45) is 0 Å². The Morgan fingerprint density at radius 1 is 0.596 bits per heavy atom. The first-order chi connectivity index (χ1) is 21.8. The average molecular weight is 828 g/mol. The van der Waals surface area contributed by atoms with Crippen LogP contribution in [-0.4, -0.2) is 25.1 Å². The fraction of sp³-hybridized carbons (Fsp3) is 0.121. The van der Waals surface area contributed by atoms with E-state index in [1.165, 1.54) is 6.20 Å². The molecule has 0 amide bonds. The summed E-state index contributed by atoms with van der Waals surface area (Å²) in [5.74, 6) is -3.92. The van der Waals surface area contributed by atoms with Crippen LogP contribution in [0.25, 0.3) is 34.0 Å². The molecule has 4 heterocycles. The zero-order valence-corrected chi connectivity index (χ0v) is 27.1. The fourth-order valence-electron chi connectivity index (χ4n) is 3.76. The molecule has 0 unspecified atom stereocenters. The molecule has 47 heavy (non-hydrogen) atoms. The zero-order chi connectivity index (χ0) is 33.4. The summed E-state index contributed by atoms with van der Waals surface area (Å²) < 4.78 is 88.6. The number of hydrogen-bond donors (Lipinski definition) is 0. The first kappa shape index (κ1) is 36.7. The van der Waals surface area contributed by atoms with Crippen LogP contribution >= 0.6 is 0 Å². The molecule has 0 aliphatic carbocycles. The standard InChI is InChI=1S/2C12H8F2N.C9H6F3N4.Ir/c2*1-8-4-5-15-12(6-8)10-3-2-9(13)7-11(10)14;1-5-2-3-13-6(4-5)7-14-8(16-15-7)9(10,11)12;/h2*2,4-7H,1H3;2-4H,1H3;/q3*-1;+3. The summed E-state index contributed by atoms with van der Waals surface area (Å²) in [5, 5.41) is 6.32. The molecule has 0 saturated heterocycles. The molecule has 6 aromatic rings. The number of aromatic nitrogens is 6. The third-order valence-corrected chi connectivity index (χ3v) is 5.91. The largest absolute Gasteiger partial charge is 3.00 e. The molecule has 0 radical (unpaired) electrons. The Morgan fingerprint density at radius 3 is 1.36 bits per heavy atom. The number of benzene rings is 2. The van der Waals surface area contributed by atoms with Gasteiger partial charge in [-0.15, -0.1) is 24.3 Å². The minimum Gasteiger partial charge on any atom is -0.352 e.